The average Bonchev–Trinajstić information content (AvgIpc) is 3.47. The lowest BCUT2D eigenvalue weighted by atomic mass is 9.87. The summed E-state index contributed by atoms with van der Waals surface area (Å²) in [5, 5.41) is 14.8. The Balaban J connectivity index is 0.00000256. The highest BCUT2D eigenvalue weighted by molar-refractivity contribution is 5.85. The Labute approximate surface area is 181 Å². The summed E-state index contributed by atoms with van der Waals surface area (Å²) >= 11 is 0. The van der Waals surface area contributed by atoms with Crippen molar-refractivity contribution in [2.75, 3.05) is 13.1 Å². The second kappa shape index (κ2) is 9.40. The lowest BCUT2D eigenvalue weighted by Crippen LogP contribution is -2.55. The zero-order chi connectivity index (χ0) is 20.3. The molecule has 2 aromatic heterocycles. The normalized spacial score (nSPS) is 16.5. The van der Waals surface area contributed by atoms with Gasteiger partial charge in [0.05, 0.1) is 0 Å². The van der Waals surface area contributed by atoms with Gasteiger partial charge in [0.25, 0.3) is 0 Å². The molecule has 1 aromatic carbocycles. The monoisotopic (exact) mass is 430 g/mol. The maximum absolute atomic E-state index is 13.3. The van der Waals surface area contributed by atoms with Crippen molar-refractivity contribution in [2.24, 2.45) is 0 Å². The van der Waals surface area contributed by atoms with E-state index in [0.717, 1.165) is 25.1 Å². The van der Waals surface area contributed by atoms with Crippen LogP contribution in [0.4, 0.5) is 0 Å². The molecule has 0 spiro atoms. The largest absolute Gasteiger partial charge is 0.342 e. The van der Waals surface area contributed by atoms with E-state index in [4.69, 9.17) is 4.52 Å². The number of halogens is 1. The molecule has 1 atom stereocenters. The molecule has 0 aliphatic carbocycles. The van der Waals surface area contributed by atoms with Gasteiger partial charge < -0.3 is 15.2 Å². The smallest absolute Gasteiger partial charge is 0.249 e. The van der Waals surface area contributed by atoms with Crippen LogP contribution in [0.2, 0.25) is 0 Å². The number of nitrogens with one attached hydrogen (secondary N) is 2. The minimum atomic E-state index is -0.707. The van der Waals surface area contributed by atoms with Crippen molar-refractivity contribution in [1.29, 1.82) is 0 Å². The first kappa shape index (κ1) is 22.0. The Morgan fingerprint density at radius 2 is 2.03 bits per heavy atom. The third-order valence-corrected chi connectivity index (χ3v) is 5.58. The van der Waals surface area contributed by atoms with Crippen LogP contribution in [0.5, 0.6) is 0 Å². The highest BCUT2D eigenvalue weighted by Crippen LogP contribution is 2.28. The van der Waals surface area contributed by atoms with Crippen molar-refractivity contribution in [3.05, 3.63) is 54.2 Å². The highest BCUT2D eigenvalue weighted by Gasteiger charge is 2.42. The summed E-state index contributed by atoms with van der Waals surface area (Å²) in [7, 11) is 0. The maximum Gasteiger partial charge on any atom is 0.249 e. The third-order valence-electron chi connectivity index (χ3n) is 5.58. The van der Waals surface area contributed by atoms with Gasteiger partial charge in [-0.2, -0.15) is 10.1 Å². The van der Waals surface area contributed by atoms with Gasteiger partial charge in [-0.1, -0.05) is 36.3 Å². The second-order valence-corrected chi connectivity index (χ2v) is 7.43. The van der Waals surface area contributed by atoms with Crippen LogP contribution in [-0.2, 0) is 16.8 Å². The van der Waals surface area contributed by atoms with Crippen molar-refractivity contribution in [1.82, 2.24) is 30.6 Å². The number of carbonyl (C=O) groups excluding carboxylic acids is 1. The first-order chi connectivity index (χ1) is 14.1. The summed E-state index contributed by atoms with van der Waals surface area (Å²) in [5.41, 5.74) is 1.44. The van der Waals surface area contributed by atoms with Crippen molar-refractivity contribution in [2.45, 2.75) is 44.7 Å². The van der Waals surface area contributed by atoms with Crippen LogP contribution in [0.25, 0.3) is 11.4 Å². The Morgan fingerprint density at radius 1 is 1.30 bits per heavy atom. The van der Waals surface area contributed by atoms with E-state index in [2.05, 4.69) is 44.9 Å². The van der Waals surface area contributed by atoms with Gasteiger partial charge in [-0.25, -0.2) is 0 Å². The van der Waals surface area contributed by atoms with E-state index in [1.54, 1.807) is 10.9 Å². The van der Waals surface area contributed by atoms with Crippen LogP contribution in [0.1, 0.15) is 44.2 Å². The summed E-state index contributed by atoms with van der Waals surface area (Å²) in [6.45, 7) is 5.50. The lowest BCUT2D eigenvalue weighted by Gasteiger charge is -2.36. The standard InChI is InChI=1S/C21H26N6O2.ClH/c1-3-16-5-7-17(8-6-16)18-25-19(29-26-18)15(2)24-20(28)21(9-12-22-13-10-21)27-14-4-11-23-27;/h4-8,11,14-15,22H,3,9-10,12-13H2,1-2H3,(H,24,28);1H. The Morgan fingerprint density at radius 3 is 2.67 bits per heavy atom. The van der Waals surface area contributed by atoms with Crippen LogP contribution >= 0.6 is 12.4 Å². The number of aryl methyl sites for hydroxylation is 1. The van der Waals surface area contributed by atoms with E-state index >= 15 is 0 Å². The zero-order valence-corrected chi connectivity index (χ0v) is 18.0. The molecule has 4 rings (SSSR count). The molecule has 1 saturated heterocycles. The molecule has 1 unspecified atom stereocenters. The zero-order valence-electron chi connectivity index (χ0n) is 17.2. The molecule has 2 N–H and O–H groups in total. The van der Waals surface area contributed by atoms with E-state index in [1.807, 2.05) is 31.3 Å². The first-order valence-electron chi connectivity index (χ1n) is 10.1. The number of hydrogen-bond donors (Lipinski definition) is 2. The van der Waals surface area contributed by atoms with Gasteiger partial charge in [0.1, 0.15) is 11.6 Å². The number of nitrogens with zero attached hydrogens (tertiary/aromatic N) is 4. The van der Waals surface area contributed by atoms with Gasteiger partial charge in [-0.3, -0.25) is 9.48 Å². The number of amides is 1. The van der Waals surface area contributed by atoms with Gasteiger partial charge in [0.15, 0.2) is 0 Å². The fourth-order valence-electron chi connectivity index (χ4n) is 3.73. The quantitative estimate of drug-likeness (QED) is 0.624. The van der Waals surface area contributed by atoms with E-state index in [0.29, 0.717) is 24.6 Å². The molecule has 0 radical (unpaired) electrons. The van der Waals surface area contributed by atoms with Crippen molar-refractivity contribution in [3.8, 4) is 11.4 Å². The number of piperidine rings is 1. The molecule has 30 heavy (non-hydrogen) atoms. The van der Waals surface area contributed by atoms with Crippen LogP contribution in [0, 0.1) is 0 Å². The highest BCUT2D eigenvalue weighted by atomic mass is 35.5. The van der Waals surface area contributed by atoms with Crippen molar-refractivity contribution in [3.63, 3.8) is 0 Å². The molecule has 0 saturated carbocycles. The fraction of sp³-hybridized carbons (Fsp3) is 0.429. The summed E-state index contributed by atoms with van der Waals surface area (Å²) in [5.74, 6) is 0.826. The predicted octanol–water partition coefficient (Wildman–Crippen LogP) is 2.87. The van der Waals surface area contributed by atoms with Gasteiger partial charge in [0.2, 0.25) is 17.6 Å². The first-order valence-corrected chi connectivity index (χ1v) is 10.1. The minimum Gasteiger partial charge on any atom is -0.342 e. The number of hydrogen-bond acceptors (Lipinski definition) is 6. The molecule has 8 nitrogen and oxygen atoms in total. The number of aromatic nitrogens is 4. The maximum atomic E-state index is 13.3. The SMILES string of the molecule is CCc1ccc(-c2noc(C(C)NC(=O)C3(n4cccn4)CCNCC3)n2)cc1.Cl. The lowest BCUT2D eigenvalue weighted by molar-refractivity contribution is -0.132. The molecule has 1 aliphatic heterocycles. The third kappa shape index (κ3) is 4.24. The summed E-state index contributed by atoms with van der Waals surface area (Å²) < 4.78 is 7.21. The van der Waals surface area contributed by atoms with E-state index in [-0.39, 0.29) is 18.3 Å². The molecule has 0 bridgehead atoms. The summed E-state index contributed by atoms with van der Waals surface area (Å²) in [6.07, 6.45) is 5.88. The van der Waals surface area contributed by atoms with Crippen LogP contribution < -0.4 is 10.6 Å². The molecule has 160 valence electrons. The molecule has 3 heterocycles. The number of rotatable bonds is 6. The van der Waals surface area contributed by atoms with Crippen molar-refractivity contribution < 1.29 is 9.32 Å². The minimum absolute atomic E-state index is 0. The molecular weight excluding hydrogens is 404 g/mol. The van der Waals surface area contributed by atoms with E-state index in [9.17, 15) is 4.79 Å². The van der Waals surface area contributed by atoms with Gasteiger partial charge in [0, 0.05) is 18.0 Å². The van der Waals surface area contributed by atoms with Gasteiger partial charge in [-0.15, -0.1) is 12.4 Å². The molecule has 3 aromatic rings. The van der Waals surface area contributed by atoms with E-state index < -0.39 is 11.6 Å². The number of benzene rings is 1. The summed E-state index contributed by atoms with van der Waals surface area (Å²) in [4.78, 5) is 17.8. The fourth-order valence-corrected chi connectivity index (χ4v) is 3.73. The second-order valence-electron chi connectivity index (χ2n) is 7.43. The molecule has 1 amide bonds. The van der Waals surface area contributed by atoms with E-state index in [1.165, 1.54) is 5.56 Å². The Hall–Kier alpha value is -2.71. The van der Waals surface area contributed by atoms with Crippen LogP contribution in [-0.4, -0.2) is 38.9 Å². The number of carbonyl (C=O) groups is 1. The van der Waals surface area contributed by atoms with Gasteiger partial charge in [-0.05, 0) is 50.9 Å². The molecule has 9 heteroatoms. The molecule has 1 aliphatic rings. The topological polar surface area (TPSA) is 97.9 Å². The van der Waals surface area contributed by atoms with Crippen molar-refractivity contribution >= 4 is 18.3 Å². The summed E-state index contributed by atoms with van der Waals surface area (Å²) in [6, 6.07) is 9.52. The predicted molar refractivity (Wildman–Crippen MR) is 115 cm³/mol. The van der Waals surface area contributed by atoms with Crippen LogP contribution in [0.15, 0.2) is 47.2 Å². The molecular formula is C21H27ClN6O2. The Kier molecular flexibility index (Phi) is 6.89. The average molecular weight is 431 g/mol. The van der Waals surface area contributed by atoms with Crippen LogP contribution in [0.3, 0.4) is 0 Å². The molecule has 1 fully saturated rings. The van der Waals surface area contributed by atoms with Gasteiger partial charge >= 0.3 is 0 Å². The Bertz CT molecular complexity index is 948.